The molecule has 4 aliphatic carbocycles. The first-order valence-electron chi connectivity index (χ1n) is 7.45. The molecule has 4 saturated carbocycles. The van der Waals surface area contributed by atoms with Crippen LogP contribution in [0, 0.1) is 23.2 Å². The molecular formula is C15H22O5. The lowest BCUT2D eigenvalue weighted by Crippen LogP contribution is -2.53. The molecule has 0 aromatic heterocycles. The Morgan fingerprint density at radius 3 is 2.05 bits per heavy atom. The van der Waals surface area contributed by atoms with Crippen LogP contribution in [0.4, 0.5) is 0 Å². The Kier molecular flexibility index (Phi) is 3.48. The molecule has 5 heteroatoms. The zero-order chi connectivity index (χ0) is 14.3. The van der Waals surface area contributed by atoms with Crippen LogP contribution in [0.1, 0.15) is 44.9 Å². The van der Waals surface area contributed by atoms with Gasteiger partial charge in [-0.1, -0.05) is 0 Å². The number of carbonyl (C=O) groups is 2. The lowest BCUT2D eigenvalue weighted by molar-refractivity contribution is -0.236. The van der Waals surface area contributed by atoms with E-state index in [1.807, 2.05) is 0 Å². The van der Waals surface area contributed by atoms with E-state index in [2.05, 4.69) is 0 Å². The highest BCUT2D eigenvalue weighted by atomic mass is 16.7. The highest BCUT2D eigenvalue weighted by molar-refractivity contribution is 5.90. The number of esters is 1. The quantitative estimate of drug-likeness (QED) is 0.475. The van der Waals surface area contributed by atoms with Crippen LogP contribution >= 0.6 is 0 Å². The zero-order valence-electron chi connectivity index (χ0n) is 11.8. The van der Waals surface area contributed by atoms with Gasteiger partial charge in [0.2, 0.25) is 6.29 Å². The van der Waals surface area contributed by atoms with Crippen molar-refractivity contribution in [2.75, 3.05) is 7.11 Å². The largest absolute Gasteiger partial charge is 0.481 e. The molecule has 0 amide bonds. The van der Waals surface area contributed by atoms with Crippen molar-refractivity contribution in [3.05, 3.63) is 0 Å². The second-order valence-corrected chi connectivity index (χ2v) is 6.91. The van der Waals surface area contributed by atoms with Gasteiger partial charge in [-0.25, -0.2) is 0 Å². The molecule has 0 spiro atoms. The Morgan fingerprint density at radius 2 is 1.65 bits per heavy atom. The third-order valence-corrected chi connectivity index (χ3v) is 5.33. The second-order valence-electron chi connectivity index (χ2n) is 6.91. The standard InChI is InChI=1S/C15H22O5/c1-19-14(20-13(18)5-12(16)17)15-6-9-2-10(7-15)4-11(3-9)8-15/h9-11,14H,2-8H2,1H3,(H,16,17). The van der Waals surface area contributed by atoms with E-state index in [-0.39, 0.29) is 5.41 Å². The van der Waals surface area contributed by atoms with Crippen molar-refractivity contribution in [3.63, 3.8) is 0 Å². The number of carboxylic acid groups (broad SMARTS) is 1. The van der Waals surface area contributed by atoms with Crippen molar-refractivity contribution in [1.82, 2.24) is 0 Å². The Morgan fingerprint density at radius 1 is 1.15 bits per heavy atom. The van der Waals surface area contributed by atoms with Gasteiger partial charge in [0.25, 0.3) is 0 Å². The van der Waals surface area contributed by atoms with E-state index in [0.29, 0.717) is 0 Å². The summed E-state index contributed by atoms with van der Waals surface area (Å²) in [4.78, 5) is 22.2. The van der Waals surface area contributed by atoms with Crippen LogP contribution in [0.3, 0.4) is 0 Å². The molecule has 4 rings (SSSR count). The second kappa shape index (κ2) is 5.02. The summed E-state index contributed by atoms with van der Waals surface area (Å²) in [5.41, 5.74) is -0.0718. The number of carbonyl (C=O) groups excluding carboxylic acids is 1. The lowest BCUT2D eigenvalue weighted by atomic mass is 9.49. The van der Waals surface area contributed by atoms with Crippen molar-refractivity contribution < 1.29 is 24.2 Å². The average Bonchev–Trinajstić information content (AvgIpc) is 2.33. The van der Waals surface area contributed by atoms with Crippen LogP contribution < -0.4 is 0 Å². The Balaban J connectivity index is 1.72. The number of ether oxygens (including phenoxy) is 2. The zero-order valence-corrected chi connectivity index (χ0v) is 11.8. The molecule has 0 saturated heterocycles. The predicted molar refractivity (Wildman–Crippen MR) is 69.7 cm³/mol. The molecule has 0 aromatic rings. The molecular weight excluding hydrogens is 260 g/mol. The van der Waals surface area contributed by atoms with Crippen LogP contribution in [0.15, 0.2) is 0 Å². The maximum Gasteiger partial charge on any atom is 0.319 e. The lowest BCUT2D eigenvalue weighted by Gasteiger charge is -2.58. The summed E-state index contributed by atoms with van der Waals surface area (Å²) < 4.78 is 10.8. The van der Waals surface area contributed by atoms with Gasteiger partial charge in [0, 0.05) is 12.5 Å². The monoisotopic (exact) mass is 282 g/mol. The Bertz CT molecular complexity index is 381. The summed E-state index contributed by atoms with van der Waals surface area (Å²) in [6, 6.07) is 0. The predicted octanol–water partition coefficient (Wildman–Crippen LogP) is 2.19. The number of hydrogen-bond donors (Lipinski definition) is 1. The molecule has 0 heterocycles. The molecule has 0 aromatic carbocycles. The molecule has 1 N–H and O–H groups in total. The van der Waals surface area contributed by atoms with Gasteiger partial charge >= 0.3 is 11.9 Å². The smallest absolute Gasteiger partial charge is 0.319 e. The van der Waals surface area contributed by atoms with Gasteiger partial charge in [0.15, 0.2) is 0 Å². The van der Waals surface area contributed by atoms with Gasteiger partial charge in [0.1, 0.15) is 6.42 Å². The fourth-order valence-electron chi connectivity index (χ4n) is 5.17. The third kappa shape index (κ3) is 2.43. The SMILES string of the molecule is COC(OC(=O)CC(=O)O)C12CC3CC(CC(C3)C1)C2. The van der Waals surface area contributed by atoms with Crippen molar-refractivity contribution in [1.29, 1.82) is 0 Å². The fourth-order valence-corrected chi connectivity index (χ4v) is 5.17. The maximum absolute atomic E-state index is 11.6. The van der Waals surface area contributed by atoms with Crippen molar-refractivity contribution >= 4 is 11.9 Å². The van der Waals surface area contributed by atoms with Crippen LogP contribution in [0.25, 0.3) is 0 Å². The molecule has 0 aliphatic heterocycles. The third-order valence-electron chi connectivity index (χ3n) is 5.33. The summed E-state index contributed by atoms with van der Waals surface area (Å²) in [7, 11) is 1.55. The van der Waals surface area contributed by atoms with E-state index in [9.17, 15) is 9.59 Å². The first kappa shape index (κ1) is 13.9. The van der Waals surface area contributed by atoms with Gasteiger partial charge in [-0.2, -0.15) is 0 Å². The van der Waals surface area contributed by atoms with E-state index >= 15 is 0 Å². The highest BCUT2D eigenvalue weighted by Crippen LogP contribution is 2.61. The maximum atomic E-state index is 11.6. The van der Waals surface area contributed by atoms with E-state index in [4.69, 9.17) is 14.6 Å². The number of methoxy groups -OCH3 is 1. The van der Waals surface area contributed by atoms with Crippen molar-refractivity contribution in [2.45, 2.75) is 51.2 Å². The minimum atomic E-state index is -1.16. The Hall–Kier alpha value is -1.10. The summed E-state index contributed by atoms with van der Waals surface area (Å²) in [6.07, 6.45) is 5.90. The first-order chi connectivity index (χ1) is 9.50. The van der Waals surface area contributed by atoms with E-state index in [0.717, 1.165) is 37.0 Å². The first-order valence-corrected chi connectivity index (χ1v) is 7.45. The number of hydrogen-bond acceptors (Lipinski definition) is 4. The van der Waals surface area contributed by atoms with E-state index in [1.54, 1.807) is 7.11 Å². The van der Waals surface area contributed by atoms with Crippen molar-refractivity contribution in [3.8, 4) is 0 Å². The van der Waals surface area contributed by atoms with Crippen LogP contribution in [0.2, 0.25) is 0 Å². The Labute approximate surface area is 118 Å². The highest BCUT2D eigenvalue weighted by Gasteiger charge is 2.56. The van der Waals surface area contributed by atoms with Crippen molar-refractivity contribution in [2.24, 2.45) is 23.2 Å². The van der Waals surface area contributed by atoms with E-state index in [1.165, 1.54) is 19.3 Å². The van der Waals surface area contributed by atoms with Crippen LogP contribution in [-0.4, -0.2) is 30.4 Å². The molecule has 20 heavy (non-hydrogen) atoms. The van der Waals surface area contributed by atoms with Gasteiger partial charge in [-0.15, -0.1) is 0 Å². The summed E-state index contributed by atoms with van der Waals surface area (Å²) in [5, 5.41) is 8.66. The normalized spacial score (nSPS) is 39.5. The number of rotatable bonds is 5. The average molecular weight is 282 g/mol. The molecule has 1 atom stereocenters. The minimum absolute atomic E-state index is 0.0718. The molecule has 1 unspecified atom stereocenters. The molecule has 112 valence electrons. The molecule has 4 bridgehead atoms. The summed E-state index contributed by atoms with van der Waals surface area (Å²) in [6.45, 7) is 0. The van der Waals surface area contributed by atoms with Gasteiger partial charge in [-0.3, -0.25) is 9.59 Å². The number of aliphatic carboxylic acids is 1. The van der Waals surface area contributed by atoms with Crippen LogP contribution in [0.5, 0.6) is 0 Å². The molecule has 4 fully saturated rings. The minimum Gasteiger partial charge on any atom is -0.481 e. The van der Waals surface area contributed by atoms with E-state index < -0.39 is 24.6 Å². The molecule has 4 aliphatic rings. The van der Waals surface area contributed by atoms with Gasteiger partial charge < -0.3 is 14.6 Å². The summed E-state index contributed by atoms with van der Waals surface area (Å²) >= 11 is 0. The topological polar surface area (TPSA) is 72.8 Å². The number of carboxylic acids is 1. The van der Waals surface area contributed by atoms with Gasteiger partial charge in [-0.05, 0) is 56.3 Å². The van der Waals surface area contributed by atoms with Gasteiger partial charge in [0.05, 0.1) is 0 Å². The fraction of sp³-hybridized carbons (Fsp3) is 0.867. The molecule has 0 radical (unpaired) electrons. The molecule has 5 nitrogen and oxygen atoms in total. The summed E-state index contributed by atoms with van der Waals surface area (Å²) in [5.74, 6) is 0.349. The van der Waals surface area contributed by atoms with Crippen LogP contribution in [-0.2, 0) is 19.1 Å².